The average molecular weight is 1460 g/mol. The van der Waals surface area contributed by atoms with Gasteiger partial charge in [-0.3, -0.25) is 0 Å². The molecule has 5 aromatic heterocycles. The summed E-state index contributed by atoms with van der Waals surface area (Å²) >= 11 is 0. The molecule has 10 rings (SSSR count). The minimum atomic E-state index is -1.70. The SMILES string of the molecule is Cc1cc(-c2ccccc2C)[n+](C)cc1CC(C)(C)C.Cc1ccc(-c2ccc(CC(C)(C)C)c[n+]2C)c(C)c1.Cc1ccccc1-c1cc(CC(C)(C)C)c(CC(C)(C)C)c[n+]1C.[2H]C([2H])(c1c[n+](C)c(-c2ccccc2C)cc1C)C(C)(C)C.[2H]C([2H])(c1cc(-c2ccccc2C)[n+](C)cc1C([2H])([2H])C(C)(C)C)C(C)(C)C. The number of hydrogen-bond donors (Lipinski definition) is 0. The van der Waals surface area contributed by atoms with Crippen LogP contribution < -0.4 is 22.8 Å². The smallest absolute Gasteiger partial charge is 0.201 e. The predicted molar refractivity (Wildman–Crippen MR) is 465 cm³/mol. The second-order valence-electron chi connectivity index (χ2n) is 38.9. The maximum Gasteiger partial charge on any atom is 0.212 e. The van der Waals surface area contributed by atoms with Gasteiger partial charge in [0.15, 0.2) is 31.0 Å². The van der Waals surface area contributed by atoms with E-state index in [0.717, 1.165) is 59.3 Å². The first kappa shape index (κ1) is 79.4. The van der Waals surface area contributed by atoms with Gasteiger partial charge in [-0.05, 0) is 225 Å². The van der Waals surface area contributed by atoms with E-state index in [1.807, 2.05) is 148 Å². The second-order valence-corrected chi connectivity index (χ2v) is 38.9. The van der Waals surface area contributed by atoms with Crippen LogP contribution in [-0.2, 0) is 80.0 Å². The summed E-state index contributed by atoms with van der Waals surface area (Å²) in [4.78, 5) is 0. The molecule has 0 amide bonds. The van der Waals surface area contributed by atoms with Gasteiger partial charge in [0, 0.05) is 94.2 Å². The Hall–Kier alpha value is -8.15. The Bertz CT molecular complexity index is 4970. The van der Waals surface area contributed by atoms with Gasteiger partial charge in [-0.2, -0.15) is 0 Å². The van der Waals surface area contributed by atoms with Gasteiger partial charge in [0.2, 0.25) is 28.5 Å². The molecule has 0 bridgehead atoms. The molecule has 0 saturated heterocycles. The van der Waals surface area contributed by atoms with Crippen molar-refractivity contribution in [2.24, 2.45) is 73.1 Å². The summed E-state index contributed by atoms with van der Waals surface area (Å²) in [5.41, 5.74) is 28.9. The molecule has 5 heteroatoms. The van der Waals surface area contributed by atoms with Crippen molar-refractivity contribution in [1.82, 2.24) is 0 Å². The first-order valence-electron chi connectivity index (χ1n) is 42.4. The lowest BCUT2D eigenvalue weighted by atomic mass is 9.81. The van der Waals surface area contributed by atoms with Crippen molar-refractivity contribution in [3.8, 4) is 56.3 Å². The van der Waals surface area contributed by atoms with Gasteiger partial charge >= 0.3 is 0 Å². The number of rotatable bonds is 12. The van der Waals surface area contributed by atoms with Crippen LogP contribution in [0, 0.1) is 93.3 Å². The molecule has 108 heavy (non-hydrogen) atoms. The summed E-state index contributed by atoms with van der Waals surface area (Å²) in [6.07, 6.45) is 10.3. The summed E-state index contributed by atoms with van der Waals surface area (Å²) in [5.74, 6) is 0. The molecule has 5 aromatic carbocycles. The molecular formula is C103H146N5+5. The zero-order chi connectivity index (χ0) is 86.4. The fraction of sp³-hybridized carbons (Fsp3) is 0.466. The highest BCUT2D eigenvalue weighted by molar-refractivity contribution is 5.65. The molecule has 0 aliphatic heterocycles. The largest absolute Gasteiger partial charge is 0.212 e. The normalized spacial score (nSPS) is 13.3. The third kappa shape index (κ3) is 28.1. The number of hydrogen-bond acceptors (Lipinski definition) is 0. The van der Waals surface area contributed by atoms with Gasteiger partial charge in [0.25, 0.3) is 0 Å². The third-order valence-electron chi connectivity index (χ3n) is 18.8. The Balaban J connectivity index is 0.000000223. The molecule has 0 spiro atoms. The Kier molecular flexibility index (Phi) is 26.9. The van der Waals surface area contributed by atoms with E-state index in [0.29, 0.717) is 27.4 Å². The molecule has 0 N–H and O–H groups in total. The van der Waals surface area contributed by atoms with Gasteiger partial charge in [-0.15, -0.1) is 0 Å². The Morgan fingerprint density at radius 3 is 0.898 bits per heavy atom. The molecule has 0 radical (unpaired) electrons. The zero-order valence-electron chi connectivity index (χ0n) is 79.9. The fourth-order valence-corrected chi connectivity index (χ4v) is 14.0. The maximum absolute atomic E-state index is 8.92. The fourth-order valence-electron chi connectivity index (χ4n) is 14.0. The highest BCUT2D eigenvalue weighted by Gasteiger charge is 2.28. The van der Waals surface area contributed by atoms with Crippen molar-refractivity contribution < 1.29 is 31.1 Å². The quantitative estimate of drug-likeness (QED) is 0.109. The highest BCUT2D eigenvalue weighted by atomic mass is 14.9. The Morgan fingerprint density at radius 1 is 0.231 bits per heavy atom. The van der Waals surface area contributed by atoms with Crippen LogP contribution in [0.5, 0.6) is 0 Å². The van der Waals surface area contributed by atoms with Gasteiger partial charge in [-0.25, -0.2) is 22.8 Å². The number of benzene rings is 5. The standard InChI is InChI=1S/2C23H34N.3C19H26N/c2*1-17-11-9-10-12-20(17)21-13-18(14-22(2,3)4)19(16-24(21)8)15-23(5,6)7;1-14-7-9-17(15(2)11-14)18-10-8-16(13-20(18)6)12-19(3,4)5;2*1-14-9-7-8-10-17(14)18-11-15(2)16(13-20(18)6)12-19(3,4)5/h2*9-13,16H,14-15H2,1-8H3;3*7-11,13H,12H2,1-6H3/q5*+1/i14D2,15D2;;;12D2;. The van der Waals surface area contributed by atoms with Crippen LogP contribution in [0.15, 0.2) is 183 Å². The van der Waals surface area contributed by atoms with E-state index in [-0.39, 0.29) is 5.41 Å². The lowest BCUT2D eigenvalue weighted by Crippen LogP contribution is -2.33. The molecule has 5 heterocycles. The minimum Gasteiger partial charge on any atom is -0.201 e. The highest BCUT2D eigenvalue weighted by Crippen LogP contribution is 2.35. The van der Waals surface area contributed by atoms with Crippen molar-refractivity contribution in [3.05, 3.63) is 266 Å². The van der Waals surface area contributed by atoms with Crippen LogP contribution >= 0.6 is 0 Å². The van der Waals surface area contributed by atoms with Crippen molar-refractivity contribution >= 4 is 0 Å². The lowest BCUT2D eigenvalue weighted by molar-refractivity contribution is -0.661. The van der Waals surface area contributed by atoms with Crippen LogP contribution in [0.25, 0.3) is 56.3 Å². The van der Waals surface area contributed by atoms with Crippen molar-refractivity contribution in [2.75, 3.05) is 0 Å². The summed E-state index contributed by atoms with van der Waals surface area (Å²) in [7, 11) is 10.4. The summed E-state index contributed by atoms with van der Waals surface area (Å²) in [6, 6.07) is 53.5. The van der Waals surface area contributed by atoms with E-state index in [4.69, 9.17) is 8.22 Å². The van der Waals surface area contributed by atoms with Crippen LogP contribution in [0.2, 0.25) is 0 Å². The second kappa shape index (κ2) is 36.6. The monoisotopic (exact) mass is 1460 g/mol. The molecule has 10 aromatic rings. The van der Waals surface area contributed by atoms with E-state index < -0.39 is 35.4 Å². The van der Waals surface area contributed by atoms with Crippen LogP contribution in [-0.4, -0.2) is 0 Å². The third-order valence-corrected chi connectivity index (χ3v) is 18.8. The van der Waals surface area contributed by atoms with Crippen molar-refractivity contribution in [2.45, 2.75) is 246 Å². The summed E-state index contributed by atoms with van der Waals surface area (Å²) in [6.45, 7) is 61.8. The first-order valence-corrected chi connectivity index (χ1v) is 39.4. The van der Waals surface area contributed by atoms with Crippen LogP contribution in [0.4, 0.5) is 0 Å². The topological polar surface area (TPSA) is 19.4 Å². The van der Waals surface area contributed by atoms with Gasteiger partial charge < -0.3 is 0 Å². The van der Waals surface area contributed by atoms with E-state index in [1.54, 1.807) is 6.20 Å². The summed E-state index contributed by atoms with van der Waals surface area (Å²) < 4.78 is 63.3. The Morgan fingerprint density at radius 2 is 0.528 bits per heavy atom. The number of aryl methyl sites for hydroxylation is 13. The number of aromatic nitrogens is 5. The molecule has 0 aliphatic rings. The molecule has 0 unspecified atom stereocenters. The summed E-state index contributed by atoms with van der Waals surface area (Å²) in [5, 5.41) is 0. The Labute approximate surface area is 668 Å². The van der Waals surface area contributed by atoms with E-state index >= 15 is 0 Å². The molecule has 578 valence electrons. The van der Waals surface area contributed by atoms with E-state index in [2.05, 4.69) is 287 Å². The number of nitrogens with zero attached hydrogens (tertiary/aromatic N) is 5. The van der Waals surface area contributed by atoms with Gasteiger partial charge in [0.1, 0.15) is 35.2 Å². The molecule has 0 fully saturated rings. The van der Waals surface area contributed by atoms with Crippen molar-refractivity contribution in [1.29, 1.82) is 0 Å². The number of pyridine rings is 5. The maximum atomic E-state index is 8.92. The average Bonchev–Trinajstić information content (AvgIpc) is 0.737. The lowest BCUT2D eigenvalue weighted by Gasteiger charge is -2.24. The molecule has 0 atom stereocenters. The molecule has 0 saturated carbocycles. The minimum absolute atomic E-state index is 0.287. The van der Waals surface area contributed by atoms with Crippen molar-refractivity contribution in [3.63, 3.8) is 0 Å². The van der Waals surface area contributed by atoms with Gasteiger partial charge in [0.05, 0.1) is 0 Å². The first-order chi connectivity index (χ1) is 52.1. The van der Waals surface area contributed by atoms with E-state index in [1.165, 1.54) is 95.0 Å². The van der Waals surface area contributed by atoms with Crippen LogP contribution in [0.1, 0.15) is 237 Å². The van der Waals surface area contributed by atoms with Crippen LogP contribution in [0.3, 0.4) is 0 Å². The molecule has 0 aliphatic carbocycles. The van der Waals surface area contributed by atoms with E-state index in [9.17, 15) is 0 Å². The molecular weight excluding hydrogens is 1310 g/mol. The zero-order valence-corrected chi connectivity index (χ0v) is 73.9. The predicted octanol–water partition coefficient (Wildman–Crippen LogP) is 24.5. The van der Waals surface area contributed by atoms with Gasteiger partial charge in [-0.1, -0.05) is 236 Å². The molecule has 5 nitrogen and oxygen atoms in total.